The first-order valence-electron chi connectivity index (χ1n) is 9.05. The molecule has 4 nitrogen and oxygen atoms in total. The Labute approximate surface area is 149 Å². The van der Waals surface area contributed by atoms with Crippen LogP contribution in [0.2, 0.25) is 0 Å². The van der Waals surface area contributed by atoms with Crippen molar-refractivity contribution in [2.24, 2.45) is 0 Å². The van der Waals surface area contributed by atoms with Gasteiger partial charge >= 0.3 is 0 Å². The van der Waals surface area contributed by atoms with E-state index in [0.29, 0.717) is 18.6 Å². The molecule has 0 aromatic heterocycles. The van der Waals surface area contributed by atoms with Gasteiger partial charge < -0.3 is 10.6 Å². The molecule has 2 N–H and O–H groups in total. The average Bonchev–Trinajstić information content (AvgIpc) is 2.63. The fraction of sp³-hybridized carbons (Fsp3) is 0.632. The van der Waals surface area contributed by atoms with Crippen molar-refractivity contribution in [3.63, 3.8) is 0 Å². The Morgan fingerprint density at radius 2 is 2.08 bits per heavy atom. The number of likely N-dealkylation sites (N-methyl/N-ethyl adjacent to an activating group) is 1. The number of aryl methyl sites for hydroxylation is 1. The SMILES string of the molecule is CNC(=O)CN1CCC(NC2CCCc3cc(SC)ccc32)CC1. The number of fused-ring (bicyclic) bond motifs is 1. The van der Waals surface area contributed by atoms with Crippen molar-refractivity contribution in [2.45, 2.75) is 49.1 Å². The first-order valence-corrected chi connectivity index (χ1v) is 10.3. The van der Waals surface area contributed by atoms with Crippen LogP contribution in [-0.4, -0.2) is 49.8 Å². The molecule has 132 valence electrons. The molecule has 24 heavy (non-hydrogen) atoms. The number of piperidine rings is 1. The Bertz CT molecular complexity index is 570. The van der Waals surface area contributed by atoms with Gasteiger partial charge in [-0.1, -0.05) is 6.07 Å². The highest BCUT2D eigenvalue weighted by atomic mass is 32.2. The van der Waals surface area contributed by atoms with Crippen LogP contribution in [-0.2, 0) is 11.2 Å². The maximum absolute atomic E-state index is 11.5. The number of benzene rings is 1. The van der Waals surface area contributed by atoms with Gasteiger partial charge in [0.2, 0.25) is 5.91 Å². The minimum absolute atomic E-state index is 0.118. The lowest BCUT2D eigenvalue weighted by Crippen LogP contribution is -2.46. The van der Waals surface area contributed by atoms with Gasteiger partial charge in [0.25, 0.3) is 0 Å². The van der Waals surface area contributed by atoms with Crippen molar-refractivity contribution in [1.82, 2.24) is 15.5 Å². The molecule has 0 spiro atoms. The number of carbonyl (C=O) groups excluding carboxylic acids is 1. The zero-order valence-corrected chi connectivity index (χ0v) is 15.6. The summed E-state index contributed by atoms with van der Waals surface area (Å²) >= 11 is 1.83. The highest BCUT2D eigenvalue weighted by molar-refractivity contribution is 7.98. The van der Waals surface area contributed by atoms with Gasteiger partial charge in [-0.2, -0.15) is 0 Å². The van der Waals surface area contributed by atoms with Gasteiger partial charge in [-0.25, -0.2) is 0 Å². The number of hydrogen-bond acceptors (Lipinski definition) is 4. The second kappa shape index (κ2) is 8.37. The van der Waals surface area contributed by atoms with Gasteiger partial charge in [-0.15, -0.1) is 11.8 Å². The summed E-state index contributed by atoms with van der Waals surface area (Å²) in [6.07, 6.45) is 8.14. The van der Waals surface area contributed by atoms with Crippen molar-refractivity contribution >= 4 is 17.7 Å². The van der Waals surface area contributed by atoms with Crippen molar-refractivity contribution in [1.29, 1.82) is 0 Å². The summed E-state index contributed by atoms with van der Waals surface area (Å²) in [4.78, 5) is 15.1. The fourth-order valence-electron chi connectivity index (χ4n) is 3.92. The number of carbonyl (C=O) groups is 1. The predicted molar refractivity (Wildman–Crippen MR) is 101 cm³/mol. The molecule has 1 fully saturated rings. The second-order valence-electron chi connectivity index (χ2n) is 6.90. The maximum atomic E-state index is 11.5. The highest BCUT2D eigenvalue weighted by Gasteiger charge is 2.26. The first kappa shape index (κ1) is 17.8. The second-order valence-corrected chi connectivity index (χ2v) is 7.78. The fourth-order valence-corrected chi connectivity index (χ4v) is 4.38. The van der Waals surface area contributed by atoms with E-state index in [1.807, 2.05) is 11.8 Å². The van der Waals surface area contributed by atoms with Gasteiger partial charge in [0.1, 0.15) is 0 Å². The Hall–Kier alpha value is -1.04. The summed E-state index contributed by atoms with van der Waals surface area (Å²) in [5.41, 5.74) is 3.04. The lowest BCUT2D eigenvalue weighted by atomic mass is 9.87. The summed E-state index contributed by atoms with van der Waals surface area (Å²) in [7, 11) is 1.71. The minimum atomic E-state index is 0.118. The van der Waals surface area contributed by atoms with Crippen molar-refractivity contribution in [3.8, 4) is 0 Å². The minimum Gasteiger partial charge on any atom is -0.358 e. The van der Waals surface area contributed by atoms with Crippen LogP contribution in [0, 0.1) is 0 Å². The van der Waals surface area contributed by atoms with E-state index < -0.39 is 0 Å². The summed E-state index contributed by atoms with van der Waals surface area (Å²) in [5, 5.41) is 6.62. The van der Waals surface area contributed by atoms with E-state index in [1.165, 1.54) is 35.3 Å². The molecular weight excluding hydrogens is 318 g/mol. The topological polar surface area (TPSA) is 44.4 Å². The van der Waals surface area contributed by atoms with Gasteiger partial charge in [0.15, 0.2) is 0 Å². The number of hydrogen-bond donors (Lipinski definition) is 2. The number of amides is 1. The van der Waals surface area contributed by atoms with E-state index >= 15 is 0 Å². The van der Waals surface area contributed by atoms with E-state index in [1.54, 1.807) is 7.05 Å². The van der Waals surface area contributed by atoms with Gasteiger partial charge in [0.05, 0.1) is 6.54 Å². The quantitative estimate of drug-likeness (QED) is 0.804. The molecule has 0 saturated carbocycles. The van der Waals surface area contributed by atoms with Crippen molar-refractivity contribution in [3.05, 3.63) is 29.3 Å². The molecule has 3 rings (SSSR count). The first-order chi connectivity index (χ1) is 11.7. The van der Waals surface area contributed by atoms with E-state index in [0.717, 1.165) is 25.9 Å². The summed E-state index contributed by atoms with van der Waals surface area (Å²) in [6.45, 7) is 2.55. The zero-order valence-electron chi connectivity index (χ0n) is 14.8. The molecule has 2 aliphatic rings. The Balaban J connectivity index is 1.56. The highest BCUT2D eigenvalue weighted by Crippen LogP contribution is 2.33. The summed E-state index contributed by atoms with van der Waals surface area (Å²) in [5.74, 6) is 0.118. The van der Waals surface area contributed by atoms with Gasteiger partial charge in [-0.3, -0.25) is 9.69 Å². The largest absolute Gasteiger partial charge is 0.358 e. The van der Waals surface area contributed by atoms with Crippen molar-refractivity contribution < 1.29 is 4.79 Å². The van der Waals surface area contributed by atoms with Crippen LogP contribution in [0.5, 0.6) is 0 Å². The third-order valence-electron chi connectivity index (χ3n) is 5.33. The van der Waals surface area contributed by atoms with Gasteiger partial charge in [-0.05, 0) is 61.6 Å². The van der Waals surface area contributed by atoms with E-state index in [4.69, 9.17) is 0 Å². The molecule has 1 saturated heterocycles. The number of nitrogens with zero attached hydrogens (tertiary/aromatic N) is 1. The number of nitrogens with one attached hydrogen (secondary N) is 2. The zero-order chi connectivity index (χ0) is 16.9. The Kier molecular flexibility index (Phi) is 6.19. The van der Waals surface area contributed by atoms with Crippen LogP contribution < -0.4 is 10.6 Å². The molecule has 1 unspecified atom stereocenters. The molecule has 1 amide bonds. The summed E-state index contributed by atoms with van der Waals surface area (Å²) < 4.78 is 0. The lowest BCUT2D eigenvalue weighted by molar-refractivity contribution is -0.122. The lowest BCUT2D eigenvalue weighted by Gasteiger charge is -2.36. The molecule has 1 heterocycles. The molecule has 1 aromatic rings. The molecule has 0 bridgehead atoms. The number of rotatable bonds is 5. The normalized spacial score (nSPS) is 22.2. The van der Waals surface area contributed by atoms with Crippen LogP contribution in [0.15, 0.2) is 23.1 Å². The third kappa shape index (κ3) is 4.32. The molecule has 1 atom stereocenters. The van der Waals surface area contributed by atoms with Gasteiger partial charge in [0, 0.05) is 37.1 Å². The Morgan fingerprint density at radius 1 is 1.29 bits per heavy atom. The van der Waals surface area contributed by atoms with Crippen LogP contribution >= 0.6 is 11.8 Å². The van der Waals surface area contributed by atoms with E-state index in [9.17, 15) is 4.79 Å². The third-order valence-corrected chi connectivity index (χ3v) is 6.06. The summed E-state index contributed by atoms with van der Waals surface area (Å²) in [6, 6.07) is 8.04. The molecule has 1 aromatic carbocycles. The standard InChI is InChI=1S/C19H29N3OS/c1-20-19(23)13-22-10-8-15(9-11-22)21-18-5-3-4-14-12-16(24-2)6-7-17(14)18/h6-7,12,15,18,21H,3-5,8-11,13H2,1-2H3,(H,20,23). The molecular formula is C19H29N3OS. The molecule has 0 radical (unpaired) electrons. The van der Waals surface area contributed by atoms with Crippen molar-refractivity contribution in [2.75, 3.05) is 32.9 Å². The average molecular weight is 348 g/mol. The van der Waals surface area contributed by atoms with Crippen LogP contribution in [0.1, 0.15) is 42.9 Å². The molecule has 5 heteroatoms. The van der Waals surface area contributed by atoms with E-state index in [2.05, 4.69) is 40.0 Å². The number of thioether (sulfide) groups is 1. The van der Waals surface area contributed by atoms with Crippen LogP contribution in [0.3, 0.4) is 0 Å². The molecule has 1 aliphatic carbocycles. The maximum Gasteiger partial charge on any atom is 0.233 e. The smallest absolute Gasteiger partial charge is 0.233 e. The van der Waals surface area contributed by atoms with Crippen LogP contribution in [0.25, 0.3) is 0 Å². The van der Waals surface area contributed by atoms with E-state index in [-0.39, 0.29) is 5.91 Å². The predicted octanol–water partition coefficient (Wildman–Crippen LogP) is 2.59. The molecule has 1 aliphatic heterocycles. The van der Waals surface area contributed by atoms with Crippen LogP contribution in [0.4, 0.5) is 0 Å². The number of likely N-dealkylation sites (tertiary alicyclic amines) is 1. The monoisotopic (exact) mass is 347 g/mol. The Morgan fingerprint density at radius 3 is 2.79 bits per heavy atom.